The Balaban J connectivity index is 1.43. The summed E-state index contributed by atoms with van der Waals surface area (Å²) in [5.41, 5.74) is 0.652. The molecule has 34 heavy (non-hydrogen) atoms. The van der Waals surface area contributed by atoms with Crippen LogP contribution in [0.4, 0.5) is 0 Å². The molecule has 188 valence electrons. The number of ether oxygens (including phenoxy) is 1. The number of aliphatic hydroxyl groups excluding tert-OH is 1. The van der Waals surface area contributed by atoms with E-state index in [0.29, 0.717) is 11.6 Å². The van der Waals surface area contributed by atoms with Crippen LogP contribution in [0.2, 0.25) is 0 Å². The maximum atomic E-state index is 13.0. The Morgan fingerprint density at radius 2 is 1.71 bits per heavy atom. The van der Waals surface area contributed by atoms with E-state index in [1.807, 2.05) is 6.92 Å². The van der Waals surface area contributed by atoms with Crippen molar-refractivity contribution in [3.05, 3.63) is 29.8 Å². The molecule has 3 aliphatic rings. The second-order valence-electron chi connectivity index (χ2n) is 11.4. The minimum atomic E-state index is -0.543. The first-order valence-electron chi connectivity index (χ1n) is 13.2. The zero-order valence-electron chi connectivity index (χ0n) is 21.2. The molecular weight excluding hydrogens is 428 g/mol. The van der Waals surface area contributed by atoms with Crippen molar-refractivity contribution in [1.82, 2.24) is 10.6 Å². The first-order chi connectivity index (χ1) is 16.2. The maximum absolute atomic E-state index is 13.0. The molecule has 3 aliphatic carbocycles. The third-order valence-corrected chi connectivity index (χ3v) is 9.31. The number of aliphatic hydroxyl groups is 1. The maximum Gasteiger partial charge on any atom is 0.251 e. The number of methoxy groups -OCH3 is 1. The van der Waals surface area contributed by atoms with Gasteiger partial charge >= 0.3 is 0 Å². The van der Waals surface area contributed by atoms with E-state index in [2.05, 4.69) is 24.5 Å². The van der Waals surface area contributed by atoms with Gasteiger partial charge in [0.15, 0.2) is 0 Å². The number of rotatable bonds is 6. The number of carbonyl (C=O) groups is 2. The van der Waals surface area contributed by atoms with Gasteiger partial charge in [-0.05, 0) is 86.0 Å². The molecule has 6 heteroatoms. The quantitative estimate of drug-likeness (QED) is 0.578. The molecule has 3 N–H and O–H groups in total. The van der Waals surface area contributed by atoms with Crippen molar-refractivity contribution in [2.45, 2.75) is 90.3 Å². The van der Waals surface area contributed by atoms with Gasteiger partial charge in [-0.2, -0.15) is 0 Å². The van der Waals surface area contributed by atoms with E-state index in [-0.39, 0.29) is 46.9 Å². The highest BCUT2D eigenvalue weighted by Crippen LogP contribution is 2.55. The normalized spacial score (nSPS) is 34.7. The molecular formula is C28H42N2O4. The van der Waals surface area contributed by atoms with Gasteiger partial charge in [0.1, 0.15) is 5.75 Å². The summed E-state index contributed by atoms with van der Waals surface area (Å²) < 4.78 is 5.19. The van der Waals surface area contributed by atoms with Crippen LogP contribution in [0.5, 0.6) is 5.75 Å². The minimum absolute atomic E-state index is 0.00342. The summed E-state index contributed by atoms with van der Waals surface area (Å²) >= 11 is 0. The van der Waals surface area contributed by atoms with Crippen LogP contribution < -0.4 is 15.4 Å². The largest absolute Gasteiger partial charge is 0.497 e. The van der Waals surface area contributed by atoms with Gasteiger partial charge in [0, 0.05) is 23.6 Å². The highest BCUT2D eigenvalue weighted by atomic mass is 16.5. The van der Waals surface area contributed by atoms with Crippen molar-refractivity contribution in [1.29, 1.82) is 0 Å². The van der Waals surface area contributed by atoms with Crippen molar-refractivity contribution in [2.75, 3.05) is 7.11 Å². The SMILES string of the molecule is COc1ccc(C(=O)N[C@H]2CC[C@@]3(C)CC[C@@H]([C@H](C)C(=O)NC4CCCC4)[C@H](O)[C@H]3[C@H]2C)cc1. The second-order valence-corrected chi connectivity index (χ2v) is 11.4. The molecule has 4 rings (SSSR count). The fourth-order valence-corrected chi connectivity index (χ4v) is 7.09. The molecule has 0 spiro atoms. The summed E-state index contributed by atoms with van der Waals surface area (Å²) in [6.45, 7) is 6.44. The van der Waals surface area contributed by atoms with E-state index < -0.39 is 6.10 Å². The Morgan fingerprint density at radius 1 is 1.06 bits per heavy atom. The molecule has 6 nitrogen and oxygen atoms in total. The van der Waals surface area contributed by atoms with Crippen LogP contribution in [-0.4, -0.2) is 42.2 Å². The van der Waals surface area contributed by atoms with Crippen LogP contribution in [-0.2, 0) is 4.79 Å². The Morgan fingerprint density at radius 3 is 2.35 bits per heavy atom. The van der Waals surface area contributed by atoms with Crippen molar-refractivity contribution in [3.8, 4) is 5.75 Å². The molecule has 3 fully saturated rings. The Bertz CT molecular complexity index is 866. The summed E-state index contributed by atoms with van der Waals surface area (Å²) in [5, 5.41) is 18.1. The molecule has 0 heterocycles. The van der Waals surface area contributed by atoms with Gasteiger partial charge in [0.25, 0.3) is 5.91 Å². The molecule has 2 amide bonds. The molecule has 0 bridgehead atoms. The number of nitrogens with one attached hydrogen (secondary N) is 2. The van der Waals surface area contributed by atoms with E-state index in [0.717, 1.165) is 44.3 Å². The Kier molecular flexibility index (Phi) is 7.56. The van der Waals surface area contributed by atoms with E-state index >= 15 is 0 Å². The van der Waals surface area contributed by atoms with Gasteiger partial charge in [-0.3, -0.25) is 9.59 Å². The lowest BCUT2D eigenvalue weighted by Crippen LogP contribution is -2.58. The molecule has 7 atom stereocenters. The van der Waals surface area contributed by atoms with Crippen LogP contribution in [0, 0.1) is 29.1 Å². The standard InChI is InChI=1S/C28H42N2O4/c1-17(26(32)29-20-7-5-6-8-20)22-13-15-28(3)16-14-23(18(2)24(28)25(22)31)30-27(33)19-9-11-21(34-4)12-10-19/h9-12,17-18,20,22-25,31H,5-8,13-16H2,1-4H3,(H,29,32)(H,30,33)/t17-,18-,22-,23-,24+,25-,28+/m0/s1. The van der Waals surface area contributed by atoms with Crippen LogP contribution in [0.3, 0.4) is 0 Å². The first-order valence-corrected chi connectivity index (χ1v) is 13.2. The summed E-state index contributed by atoms with van der Waals surface area (Å²) in [6.07, 6.45) is 7.75. The predicted molar refractivity (Wildman–Crippen MR) is 133 cm³/mol. The second kappa shape index (κ2) is 10.3. The number of fused-ring (bicyclic) bond motifs is 1. The third kappa shape index (κ3) is 4.98. The highest BCUT2D eigenvalue weighted by molar-refractivity contribution is 5.94. The van der Waals surface area contributed by atoms with Crippen LogP contribution >= 0.6 is 0 Å². The molecule has 1 aromatic carbocycles. The first kappa shape index (κ1) is 25.0. The van der Waals surface area contributed by atoms with Crippen LogP contribution in [0.1, 0.15) is 82.5 Å². The zero-order chi connectivity index (χ0) is 24.5. The lowest BCUT2D eigenvalue weighted by Gasteiger charge is -2.56. The van der Waals surface area contributed by atoms with E-state index in [9.17, 15) is 14.7 Å². The number of hydrogen-bond donors (Lipinski definition) is 3. The van der Waals surface area contributed by atoms with Gasteiger partial charge in [-0.15, -0.1) is 0 Å². The van der Waals surface area contributed by atoms with Gasteiger partial charge in [-0.1, -0.05) is 33.6 Å². The third-order valence-electron chi connectivity index (χ3n) is 9.31. The fraction of sp³-hybridized carbons (Fsp3) is 0.714. The lowest BCUT2D eigenvalue weighted by atomic mass is 9.51. The average Bonchev–Trinajstić information content (AvgIpc) is 3.33. The minimum Gasteiger partial charge on any atom is -0.497 e. The van der Waals surface area contributed by atoms with E-state index in [1.54, 1.807) is 31.4 Å². The smallest absolute Gasteiger partial charge is 0.251 e. The molecule has 0 radical (unpaired) electrons. The molecule has 0 saturated heterocycles. The van der Waals surface area contributed by atoms with Gasteiger partial charge in [0.05, 0.1) is 13.2 Å². The number of hydrogen-bond acceptors (Lipinski definition) is 4. The number of amides is 2. The summed E-state index contributed by atoms with van der Waals surface area (Å²) in [5.74, 6) is 0.661. The van der Waals surface area contributed by atoms with Crippen LogP contribution in [0.25, 0.3) is 0 Å². The summed E-state index contributed by atoms with van der Waals surface area (Å²) in [7, 11) is 1.61. The van der Waals surface area contributed by atoms with Crippen molar-refractivity contribution in [2.24, 2.45) is 29.1 Å². The van der Waals surface area contributed by atoms with Gasteiger partial charge in [0.2, 0.25) is 5.91 Å². The molecule has 0 aromatic heterocycles. The lowest BCUT2D eigenvalue weighted by molar-refractivity contribution is -0.142. The van der Waals surface area contributed by atoms with E-state index in [1.165, 1.54) is 12.8 Å². The monoisotopic (exact) mass is 470 g/mol. The van der Waals surface area contributed by atoms with Crippen molar-refractivity contribution >= 4 is 11.8 Å². The number of carbonyl (C=O) groups excluding carboxylic acids is 2. The van der Waals surface area contributed by atoms with E-state index in [4.69, 9.17) is 4.74 Å². The number of benzene rings is 1. The summed E-state index contributed by atoms with van der Waals surface area (Å²) in [6, 6.07) is 7.45. The van der Waals surface area contributed by atoms with Gasteiger partial charge < -0.3 is 20.5 Å². The Labute approximate surface area is 204 Å². The fourth-order valence-electron chi connectivity index (χ4n) is 7.09. The zero-order valence-corrected chi connectivity index (χ0v) is 21.2. The van der Waals surface area contributed by atoms with Crippen molar-refractivity contribution < 1.29 is 19.4 Å². The van der Waals surface area contributed by atoms with Crippen LogP contribution in [0.15, 0.2) is 24.3 Å². The molecule has 3 saturated carbocycles. The Hall–Kier alpha value is -2.08. The molecule has 1 aromatic rings. The molecule has 0 aliphatic heterocycles. The highest BCUT2D eigenvalue weighted by Gasteiger charge is 2.54. The topological polar surface area (TPSA) is 87.7 Å². The van der Waals surface area contributed by atoms with Crippen molar-refractivity contribution in [3.63, 3.8) is 0 Å². The molecule has 0 unspecified atom stereocenters. The predicted octanol–water partition coefficient (Wildman–Crippen LogP) is 4.31. The average molecular weight is 471 g/mol. The summed E-state index contributed by atoms with van der Waals surface area (Å²) in [4.78, 5) is 25.9. The van der Waals surface area contributed by atoms with Gasteiger partial charge in [-0.25, -0.2) is 0 Å².